The molecule has 0 radical (unpaired) electrons. The lowest BCUT2D eigenvalue weighted by Crippen LogP contribution is -2.66. The number of hydrogen-bond donors (Lipinski definition) is 1. The number of hydrogen-bond acceptors (Lipinski definition) is 5. The van der Waals surface area contributed by atoms with Crippen molar-refractivity contribution in [3.63, 3.8) is 0 Å². The molecule has 2 aliphatic heterocycles. The molecule has 2 atom stereocenters. The second-order valence-corrected chi connectivity index (χ2v) is 8.96. The van der Waals surface area contributed by atoms with Crippen LogP contribution in [0.4, 0.5) is 0 Å². The molecule has 0 aliphatic carbocycles. The van der Waals surface area contributed by atoms with Crippen molar-refractivity contribution in [3.05, 3.63) is 41.4 Å². The summed E-state index contributed by atoms with van der Waals surface area (Å²) in [6, 6.07) is 11.3. The van der Waals surface area contributed by atoms with E-state index in [1.807, 2.05) is 6.07 Å². The van der Waals surface area contributed by atoms with Crippen molar-refractivity contribution >= 4 is 38.9 Å². The van der Waals surface area contributed by atoms with Gasteiger partial charge in [-0.25, -0.2) is 0 Å². The van der Waals surface area contributed by atoms with Gasteiger partial charge in [0, 0.05) is 22.8 Å². The van der Waals surface area contributed by atoms with Gasteiger partial charge in [-0.2, -0.15) is 4.37 Å². The van der Waals surface area contributed by atoms with Gasteiger partial charge in [-0.3, -0.25) is 9.69 Å². The van der Waals surface area contributed by atoms with Crippen LogP contribution < -0.4 is 5.32 Å². The molecule has 3 aromatic rings. The molecule has 5 rings (SSSR count). The van der Waals surface area contributed by atoms with E-state index in [-0.39, 0.29) is 11.9 Å². The molecular formula is C20H21N3OS2. The average Bonchev–Trinajstić information content (AvgIpc) is 3.27. The quantitative estimate of drug-likeness (QED) is 0.730. The van der Waals surface area contributed by atoms with Gasteiger partial charge in [0.25, 0.3) is 5.91 Å². The first kappa shape index (κ1) is 16.4. The van der Waals surface area contributed by atoms with Gasteiger partial charge in [0.05, 0.1) is 10.7 Å². The first-order chi connectivity index (χ1) is 12.8. The number of nitrogens with one attached hydrogen (secondary N) is 1. The van der Waals surface area contributed by atoms with Gasteiger partial charge in [0.2, 0.25) is 0 Å². The second kappa shape index (κ2) is 6.76. The minimum atomic E-state index is -0.0194. The molecule has 1 aromatic carbocycles. The number of aromatic nitrogens is 1. The lowest BCUT2D eigenvalue weighted by molar-refractivity contribution is 0.0410. The predicted octanol–water partition coefficient (Wildman–Crippen LogP) is 4.38. The summed E-state index contributed by atoms with van der Waals surface area (Å²) < 4.78 is 5.55. The largest absolute Gasteiger partial charge is 0.345 e. The number of benzene rings is 1. The summed E-state index contributed by atoms with van der Waals surface area (Å²) in [5.74, 6) is -0.0194. The van der Waals surface area contributed by atoms with Crippen molar-refractivity contribution in [2.45, 2.75) is 37.8 Å². The Bertz CT molecular complexity index is 934. The van der Waals surface area contributed by atoms with Crippen molar-refractivity contribution in [3.8, 4) is 10.4 Å². The standard InChI is InChI=1S/C20H21N3OS2/c24-20(21-15-12-23-9-3-1-2-5-16(15)23)19-14-8-7-13(11-18(14)26-22-19)17-6-4-10-25-17/h4,6-8,10-11,15-16H,1-3,5,9,12H2,(H,21,24)/t15-,16?/m1/s1. The molecule has 1 amide bonds. The lowest BCUT2D eigenvalue weighted by Gasteiger charge is -2.47. The summed E-state index contributed by atoms with van der Waals surface area (Å²) in [6.45, 7) is 2.17. The minimum Gasteiger partial charge on any atom is -0.345 e. The van der Waals surface area contributed by atoms with E-state index < -0.39 is 0 Å². The van der Waals surface area contributed by atoms with E-state index in [1.165, 1.54) is 54.2 Å². The fourth-order valence-electron chi connectivity index (χ4n) is 4.19. The third kappa shape index (κ3) is 2.86. The van der Waals surface area contributed by atoms with Crippen molar-refractivity contribution in [2.75, 3.05) is 13.1 Å². The Morgan fingerprint density at radius 3 is 3.08 bits per heavy atom. The van der Waals surface area contributed by atoms with Crippen LogP contribution in [0, 0.1) is 0 Å². The van der Waals surface area contributed by atoms with Crippen molar-refractivity contribution < 1.29 is 4.79 Å². The smallest absolute Gasteiger partial charge is 0.271 e. The van der Waals surface area contributed by atoms with E-state index in [2.05, 4.69) is 44.2 Å². The highest BCUT2D eigenvalue weighted by atomic mass is 32.1. The van der Waals surface area contributed by atoms with Crippen LogP contribution in [0.5, 0.6) is 0 Å². The molecule has 1 N–H and O–H groups in total. The maximum Gasteiger partial charge on any atom is 0.271 e. The Morgan fingerprint density at radius 2 is 2.19 bits per heavy atom. The Morgan fingerprint density at radius 1 is 1.23 bits per heavy atom. The van der Waals surface area contributed by atoms with Crippen molar-refractivity contribution in [2.24, 2.45) is 0 Å². The molecule has 0 bridgehead atoms. The lowest BCUT2D eigenvalue weighted by atomic mass is 9.93. The average molecular weight is 384 g/mol. The fourth-order valence-corrected chi connectivity index (χ4v) is 5.73. The SMILES string of the molecule is O=C(N[C@@H]1CN2CCCCCC12)c1nsc2cc(-c3cccs3)ccc12. The third-order valence-electron chi connectivity index (χ3n) is 5.62. The van der Waals surface area contributed by atoms with E-state index in [0.717, 1.165) is 16.6 Å². The molecule has 4 nitrogen and oxygen atoms in total. The van der Waals surface area contributed by atoms with Gasteiger partial charge in [-0.15, -0.1) is 11.3 Å². The zero-order valence-corrected chi connectivity index (χ0v) is 16.1. The summed E-state index contributed by atoms with van der Waals surface area (Å²) in [5.41, 5.74) is 1.77. The minimum absolute atomic E-state index is 0.0194. The van der Waals surface area contributed by atoms with E-state index in [4.69, 9.17) is 0 Å². The molecule has 4 heterocycles. The summed E-state index contributed by atoms with van der Waals surface area (Å²) in [6.07, 6.45) is 5.09. The molecule has 2 fully saturated rings. The number of carbonyl (C=O) groups is 1. The number of fused-ring (bicyclic) bond motifs is 2. The molecule has 0 spiro atoms. The van der Waals surface area contributed by atoms with E-state index >= 15 is 0 Å². The van der Waals surface area contributed by atoms with Crippen LogP contribution in [0.25, 0.3) is 20.5 Å². The number of nitrogens with zero attached hydrogens (tertiary/aromatic N) is 2. The van der Waals surface area contributed by atoms with E-state index in [1.54, 1.807) is 11.3 Å². The Balaban J connectivity index is 1.35. The molecule has 6 heteroatoms. The molecule has 0 saturated carbocycles. The second-order valence-electron chi connectivity index (χ2n) is 7.21. The Labute approximate surface area is 161 Å². The summed E-state index contributed by atoms with van der Waals surface area (Å²) >= 11 is 3.15. The summed E-state index contributed by atoms with van der Waals surface area (Å²) in [5, 5.41) is 6.29. The van der Waals surface area contributed by atoms with Crippen molar-refractivity contribution in [1.82, 2.24) is 14.6 Å². The summed E-state index contributed by atoms with van der Waals surface area (Å²) in [7, 11) is 0. The molecule has 1 unspecified atom stereocenters. The Kier molecular flexibility index (Phi) is 4.27. The monoisotopic (exact) mass is 383 g/mol. The number of amides is 1. The molecule has 26 heavy (non-hydrogen) atoms. The first-order valence-electron chi connectivity index (χ1n) is 9.28. The van der Waals surface area contributed by atoms with Crippen LogP contribution >= 0.6 is 22.9 Å². The van der Waals surface area contributed by atoms with Gasteiger partial charge in [0.15, 0.2) is 0 Å². The number of rotatable bonds is 3. The van der Waals surface area contributed by atoms with Crippen LogP contribution in [0.2, 0.25) is 0 Å². The highest BCUT2D eigenvalue weighted by Crippen LogP contribution is 2.32. The van der Waals surface area contributed by atoms with Gasteiger partial charge in [-0.1, -0.05) is 31.0 Å². The fraction of sp³-hybridized carbons (Fsp3) is 0.400. The number of carbonyl (C=O) groups excluding carboxylic acids is 1. The van der Waals surface area contributed by atoms with E-state index in [9.17, 15) is 4.79 Å². The van der Waals surface area contributed by atoms with Gasteiger partial charge in [0.1, 0.15) is 5.69 Å². The van der Waals surface area contributed by atoms with Crippen LogP contribution in [-0.2, 0) is 0 Å². The maximum absolute atomic E-state index is 12.8. The zero-order valence-electron chi connectivity index (χ0n) is 14.5. The topological polar surface area (TPSA) is 45.2 Å². The Hall–Kier alpha value is -1.76. The van der Waals surface area contributed by atoms with Crippen LogP contribution in [0.1, 0.15) is 36.2 Å². The highest BCUT2D eigenvalue weighted by Gasteiger charge is 2.40. The van der Waals surface area contributed by atoms with E-state index in [0.29, 0.717) is 11.7 Å². The van der Waals surface area contributed by atoms with Gasteiger partial charge < -0.3 is 5.32 Å². The van der Waals surface area contributed by atoms with Gasteiger partial charge >= 0.3 is 0 Å². The maximum atomic E-state index is 12.8. The molecule has 2 saturated heterocycles. The van der Waals surface area contributed by atoms with Crippen LogP contribution in [-0.4, -0.2) is 40.4 Å². The normalized spacial score (nSPS) is 23.2. The van der Waals surface area contributed by atoms with Crippen LogP contribution in [0.15, 0.2) is 35.7 Å². The van der Waals surface area contributed by atoms with Gasteiger partial charge in [-0.05, 0) is 54.0 Å². The zero-order chi connectivity index (χ0) is 17.5. The highest BCUT2D eigenvalue weighted by molar-refractivity contribution is 7.14. The summed E-state index contributed by atoms with van der Waals surface area (Å²) in [4.78, 5) is 16.6. The third-order valence-corrected chi connectivity index (χ3v) is 7.35. The molecule has 134 valence electrons. The number of thiophene rings is 1. The predicted molar refractivity (Wildman–Crippen MR) is 108 cm³/mol. The van der Waals surface area contributed by atoms with Crippen LogP contribution in [0.3, 0.4) is 0 Å². The van der Waals surface area contributed by atoms with Crippen molar-refractivity contribution in [1.29, 1.82) is 0 Å². The molecule has 2 aromatic heterocycles. The molecule has 2 aliphatic rings. The molecular weight excluding hydrogens is 362 g/mol. The first-order valence-corrected chi connectivity index (χ1v) is 10.9.